The largest absolute Gasteiger partial charge is 2.00 e. The Morgan fingerprint density at radius 2 is 1.89 bits per heavy atom. The van der Waals surface area contributed by atoms with Gasteiger partial charge in [0.15, 0.2) is 0 Å². The van der Waals surface area contributed by atoms with Gasteiger partial charge in [-0.25, -0.2) is 0 Å². The molecule has 9 heavy (non-hydrogen) atoms. The molecule has 0 atom stereocenters. The molecule has 1 aromatic rings. The summed E-state index contributed by atoms with van der Waals surface area (Å²) in [6.45, 7) is 1.92. The van der Waals surface area contributed by atoms with E-state index in [0.29, 0.717) is 0 Å². The van der Waals surface area contributed by atoms with Crippen LogP contribution in [0.3, 0.4) is 0 Å². The average Bonchev–Trinajstić information content (AvgIpc) is 1.86. The summed E-state index contributed by atoms with van der Waals surface area (Å²) in [5.74, 6) is 0.968. The molecule has 0 aliphatic heterocycles. The van der Waals surface area contributed by atoms with Crippen LogP contribution in [-0.2, 0) is 0 Å². The summed E-state index contributed by atoms with van der Waals surface area (Å²) in [5, 5.41) is 0. The Kier molecular flexibility index (Phi) is 16.5. The van der Waals surface area contributed by atoms with Gasteiger partial charge < -0.3 is 38.4 Å². The Morgan fingerprint density at radius 3 is 2.00 bits per heavy atom. The van der Waals surface area contributed by atoms with Crippen molar-refractivity contribution in [3.05, 3.63) is 24.2 Å². The summed E-state index contributed by atoms with van der Waals surface area (Å²) in [5.41, 5.74) is 0. The van der Waals surface area contributed by atoms with Crippen molar-refractivity contribution in [2.75, 3.05) is 0 Å². The molecular weight excluding hydrogens is 260 g/mol. The van der Waals surface area contributed by atoms with Crippen molar-refractivity contribution in [3.8, 4) is 0 Å². The van der Waals surface area contributed by atoms with Gasteiger partial charge in [0.25, 0.3) is 0 Å². The van der Waals surface area contributed by atoms with E-state index in [1.54, 1.807) is 6.26 Å². The predicted octanol–water partition coefficient (Wildman–Crippen LogP) is -4.78. The van der Waals surface area contributed by atoms with Crippen LogP contribution < -0.4 is 34.0 Å². The van der Waals surface area contributed by atoms with Gasteiger partial charge in [-0.3, -0.25) is 0 Å². The van der Waals surface area contributed by atoms with Crippen molar-refractivity contribution in [1.82, 2.24) is 0 Å². The summed E-state index contributed by atoms with van der Waals surface area (Å²) in [6, 6.07) is 3.79. The minimum Gasteiger partial charge on any atom is -1.00 e. The molecule has 1 aromatic heterocycles. The molecule has 0 aliphatic rings. The van der Waals surface area contributed by atoms with Crippen LogP contribution in [0.5, 0.6) is 0 Å². The van der Waals surface area contributed by atoms with E-state index in [2.05, 4.69) is 0 Å². The Bertz CT molecular complexity index is 119. The average molecular weight is 266 g/mol. The van der Waals surface area contributed by atoms with E-state index in [0.717, 1.165) is 5.76 Å². The summed E-state index contributed by atoms with van der Waals surface area (Å²) >= 11 is 0. The monoisotopic (exact) mass is 264 g/mol. The second kappa shape index (κ2) is 9.01. The minimum atomic E-state index is 0. The van der Waals surface area contributed by atoms with Gasteiger partial charge in [0.05, 0.1) is 6.26 Å². The molecule has 0 aromatic carbocycles. The topological polar surface area (TPSA) is 13.1 Å². The summed E-state index contributed by atoms with van der Waals surface area (Å²) in [7, 11) is 0. The molecule has 1 heterocycles. The zero-order valence-corrected chi connectivity index (χ0v) is 9.69. The SMILES string of the molecule is Cc1ccco1.[Br-].[Br-].[Mg+2]. The number of furan rings is 1. The molecule has 0 bridgehead atoms. The fourth-order valence-corrected chi connectivity index (χ4v) is 0.361. The Balaban J connectivity index is -0.000000120. The van der Waals surface area contributed by atoms with Crippen molar-refractivity contribution in [1.29, 1.82) is 0 Å². The van der Waals surface area contributed by atoms with Crippen LogP contribution in [0.1, 0.15) is 5.76 Å². The third-order valence-corrected chi connectivity index (χ3v) is 0.663. The maximum Gasteiger partial charge on any atom is 2.00 e. The van der Waals surface area contributed by atoms with Crippen LogP contribution >= 0.6 is 0 Å². The van der Waals surface area contributed by atoms with Crippen LogP contribution in [0.4, 0.5) is 0 Å². The first-order chi connectivity index (χ1) is 2.89. The molecule has 0 unspecified atom stereocenters. The molecule has 0 amide bonds. The van der Waals surface area contributed by atoms with Gasteiger partial charge in [0.2, 0.25) is 0 Å². The van der Waals surface area contributed by atoms with Crippen LogP contribution in [0, 0.1) is 6.92 Å². The van der Waals surface area contributed by atoms with Crippen molar-refractivity contribution >= 4 is 23.1 Å². The standard InChI is InChI=1S/C5H6O.2BrH.Mg/c1-5-3-2-4-6-5;;;/h2-4H,1H3;2*1H;/q;;;+2/p-2. The van der Waals surface area contributed by atoms with Gasteiger partial charge in [0, 0.05) is 0 Å². The second-order valence-corrected chi connectivity index (χ2v) is 1.22. The van der Waals surface area contributed by atoms with E-state index in [1.807, 2.05) is 19.1 Å². The van der Waals surface area contributed by atoms with Crippen LogP contribution in [-0.4, -0.2) is 23.1 Å². The summed E-state index contributed by atoms with van der Waals surface area (Å²) in [4.78, 5) is 0. The normalized spacial score (nSPS) is 5.89. The van der Waals surface area contributed by atoms with Gasteiger partial charge in [0.1, 0.15) is 5.76 Å². The molecule has 1 rings (SSSR count). The van der Waals surface area contributed by atoms with Crippen molar-refractivity contribution < 1.29 is 38.4 Å². The smallest absolute Gasteiger partial charge is 1.00 e. The number of rotatable bonds is 0. The molecule has 0 spiro atoms. The zero-order chi connectivity index (χ0) is 4.41. The van der Waals surface area contributed by atoms with Crippen molar-refractivity contribution in [2.45, 2.75) is 6.92 Å². The molecule has 0 radical (unpaired) electrons. The first kappa shape index (κ1) is 16.5. The molecule has 0 saturated carbocycles. The molecule has 1 nitrogen and oxygen atoms in total. The van der Waals surface area contributed by atoms with Crippen LogP contribution in [0.2, 0.25) is 0 Å². The minimum absolute atomic E-state index is 0. The molecule has 0 N–H and O–H groups in total. The van der Waals surface area contributed by atoms with Gasteiger partial charge in [-0.15, -0.1) is 0 Å². The fraction of sp³-hybridized carbons (Fsp3) is 0.200. The van der Waals surface area contributed by atoms with E-state index in [9.17, 15) is 0 Å². The molecule has 48 valence electrons. The zero-order valence-electron chi connectivity index (χ0n) is 5.10. The number of hydrogen-bond donors (Lipinski definition) is 0. The summed E-state index contributed by atoms with van der Waals surface area (Å²) < 4.78 is 4.83. The Morgan fingerprint density at radius 1 is 1.33 bits per heavy atom. The molecule has 0 fully saturated rings. The van der Waals surface area contributed by atoms with Crippen molar-refractivity contribution in [3.63, 3.8) is 0 Å². The van der Waals surface area contributed by atoms with E-state index in [-0.39, 0.29) is 57.0 Å². The third kappa shape index (κ3) is 6.90. The predicted molar refractivity (Wildman–Crippen MR) is 29.2 cm³/mol. The summed E-state index contributed by atoms with van der Waals surface area (Å²) in [6.07, 6.45) is 1.66. The Labute approximate surface area is 91.9 Å². The fourth-order valence-electron chi connectivity index (χ4n) is 0.361. The molecule has 0 aliphatic carbocycles. The van der Waals surface area contributed by atoms with Gasteiger partial charge in [-0.2, -0.15) is 0 Å². The maximum atomic E-state index is 4.83. The van der Waals surface area contributed by atoms with Gasteiger partial charge in [-0.05, 0) is 19.1 Å². The maximum absolute atomic E-state index is 4.83. The first-order valence-electron chi connectivity index (χ1n) is 1.90. The number of hydrogen-bond acceptors (Lipinski definition) is 1. The quantitative estimate of drug-likeness (QED) is 0.430. The second-order valence-electron chi connectivity index (χ2n) is 1.22. The van der Waals surface area contributed by atoms with E-state index < -0.39 is 0 Å². The van der Waals surface area contributed by atoms with Gasteiger partial charge >= 0.3 is 23.1 Å². The number of halogens is 2. The van der Waals surface area contributed by atoms with Crippen LogP contribution in [0.15, 0.2) is 22.8 Å². The van der Waals surface area contributed by atoms with Crippen LogP contribution in [0.25, 0.3) is 0 Å². The number of aryl methyl sites for hydroxylation is 1. The van der Waals surface area contributed by atoms with Crippen molar-refractivity contribution in [2.24, 2.45) is 0 Å². The van der Waals surface area contributed by atoms with E-state index in [4.69, 9.17) is 4.42 Å². The molecule has 4 heteroatoms. The van der Waals surface area contributed by atoms with E-state index in [1.165, 1.54) is 0 Å². The molecular formula is C5H6Br2MgO. The Hall–Kier alpha value is 1.01. The third-order valence-electron chi connectivity index (χ3n) is 0.663. The molecule has 0 saturated heterocycles. The first-order valence-corrected chi connectivity index (χ1v) is 1.90. The van der Waals surface area contributed by atoms with E-state index >= 15 is 0 Å². The van der Waals surface area contributed by atoms with Gasteiger partial charge in [-0.1, -0.05) is 0 Å².